The van der Waals surface area contributed by atoms with E-state index >= 15 is 0 Å². The standard InChI is InChI=1S/C8H11ClF3N3O2/c9-2-1-6-13-14-7(17-6)15(3-4-16)5-8(10,11)12/h16H,1-5H2. The average molecular weight is 274 g/mol. The molecule has 0 radical (unpaired) electrons. The lowest BCUT2D eigenvalue weighted by molar-refractivity contribution is -0.120. The van der Waals surface area contributed by atoms with Crippen LogP contribution in [0.1, 0.15) is 5.89 Å². The van der Waals surface area contributed by atoms with Crippen molar-refractivity contribution in [1.29, 1.82) is 0 Å². The lowest BCUT2D eigenvalue weighted by Crippen LogP contribution is -2.36. The molecule has 0 fully saturated rings. The van der Waals surface area contributed by atoms with E-state index in [0.29, 0.717) is 0 Å². The lowest BCUT2D eigenvalue weighted by atomic mass is 10.5. The van der Waals surface area contributed by atoms with Gasteiger partial charge in [-0.3, -0.25) is 0 Å². The van der Waals surface area contributed by atoms with Gasteiger partial charge in [-0.05, 0) is 0 Å². The largest absolute Gasteiger partial charge is 0.408 e. The van der Waals surface area contributed by atoms with Crippen LogP contribution in [0.3, 0.4) is 0 Å². The fourth-order valence-corrected chi connectivity index (χ4v) is 1.30. The maximum Gasteiger partial charge on any atom is 0.406 e. The fraction of sp³-hybridized carbons (Fsp3) is 0.750. The first kappa shape index (κ1) is 14.0. The summed E-state index contributed by atoms with van der Waals surface area (Å²) < 4.78 is 41.7. The zero-order valence-corrected chi connectivity index (χ0v) is 9.50. The van der Waals surface area contributed by atoms with Crippen LogP contribution in [0.4, 0.5) is 19.2 Å². The minimum absolute atomic E-state index is 0.167. The van der Waals surface area contributed by atoms with E-state index in [4.69, 9.17) is 21.1 Å². The Morgan fingerprint density at radius 1 is 1.35 bits per heavy atom. The van der Waals surface area contributed by atoms with Crippen molar-refractivity contribution in [3.8, 4) is 0 Å². The number of anilines is 1. The van der Waals surface area contributed by atoms with Gasteiger partial charge in [-0.2, -0.15) is 13.2 Å². The van der Waals surface area contributed by atoms with E-state index in [1.807, 2.05) is 0 Å². The molecule has 1 N–H and O–H groups in total. The van der Waals surface area contributed by atoms with E-state index in [-0.39, 0.29) is 30.8 Å². The van der Waals surface area contributed by atoms with Crippen LogP contribution in [-0.4, -0.2) is 47.1 Å². The highest BCUT2D eigenvalue weighted by atomic mass is 35.5. The first-order valence-corrected chi connectivity index (χ1v) is 5.30. The van der Waals surface area contributed by atoms with Crippen LogP contribution < -0.4 is 4.90 Å². The average Bonchev–Trinajstić information content (AvgIpc) is 2.64. The molecule has 0 aliphatic carbocycles. The third kappa shape index (κ3) is 4.78. The number of aryl methyl sites for hydroxylation is 1. The van der Waals surface area contributed by atoms with E-state index in [0.717, 1.165) is 4.90 Å². The van der Waals surface area contributed by atoms with Crippen molar-refractivity contribution in [3.63, 3.8) is 0 Å². The van der Waals surface area contributed by atoms with Crippen LogP contribution in [0.25, 0.3) is 0 Å². The Bertz CT molecular complexity index is 345. The van der Waals surface area contributed by atoms with Gasteiger partial charge in [0.15, 0.2) is 0 Å². The van der Waals surface area contributed by atoms with Gasteiger partial charge in [0.25, 0.3) is 0 Å². The minimum Gasteiger partial charge on any atom is -0.408 e. The summed E-state index contributed by atoms with van der Waals surface area (Å²) in [6, 6.07) is -0.267. The predicted octanol–water partition coefficient (Wildman–Crippen LogP) is 1.21. The molecule has 0 aliphatic rings. The molecule has 1 aromatic rings. The van der Waals surface area contributed by atoms with Gasteiger partial charge in [0.05, 0.1) is 6.61 Å². The number of alkyl halides is 4. The molecule has 0 spiro atoms. The SMILES string of the molecule is OCCN(CC(F)(F)F)c1nnc(CCCl)o1. The van der Waals surface area contributed by atoms with Crippen LogP contribution in [0.5, 0.6) is 0 Å². The topological polar surface area (TPSA) is 62.4 Å². The summed E-state index contributed by atoms with van der Waals surface area (Å²) in [5.41, 5.74) is 0. The van der Waals surface area contributed by atoms with Crippen LogP contribution in [0, 0.1) is 0 Å². The second kappa shape index (κ2) is 6.06. The number of hydrogen-bond acceptors (Lipinski definition) is 5. The van der Waals surface area contributed by atoms with Crippen molar-refractivity contribution in [2.24, 2.45) is 0 Å². The van der Waals surface area contributed by atoms with Gasteiger partial charge < -0.3 is 14.4 Å². The van der Waals surface area contributed by atoms with E-state index in [9.17, 15) is 13.2 Å². The van der Waals surface area contributed by atoms with Gasteiger partial charge >= 0.3 is 12.2 Å². The zero-order valence-electron chi connectivity index (χ0n) is 8.74. The van der Waals surface area contributed by atoms with E-state index < -0.39 is 19.3 Å². The number of hydrogen-bond donors (Lipinski definition) is 1. The fourth-order valence-electron chi connectivity index (χ4n) is 1.13. The van der Waals surface area contributed by atoms with E-state index in [1.54, 1.807) is 0 Å². The number of rotatable bonds is 6. The summed E-state index contributed by atoms with van der Waals surface area (Å²) in [4.78, 5) is 0.769. The minimum atomic E-state index is -4.41. The predicted molar refractivity (Wildman–Crippen MR) is 54.1 cm³/mol. The molecule has 0 atom stereocenters. The highest BCUT2D eigenvalue weighted by molar-refractivity contribution is 6.17. The molecule has 0 bridgehead atoms. The van der Waals surface area contributed by atoms with Crippen molar-refractivity contribution >= 4 is 17.6 Å². The van der Waals surface area contributed by atoms with Crippen molar-refractivity contribution < 1.29 is 22.7 Å². The van der Waals surface area contributed by atoms with Crippen molar-refractivity contribution in [2.75, 3.05) is 30.5 Å². The van der Waals surface area contributed by atoms with E-state index in [1.165, 1.54) is 0 Å². The van der Waals surface area contributed by atoms with Gasteiger partial charge in [0, 0.05) is 18.8 Å². The lowest BCUT2D eigenvalue weighted by Gasteiger charge is -2.20. The van der Waals surface area contributed by atoms with E-state index in [2.05, 4.69) is 10.2 Å². The van der Waals surface area contributed by atoms with Crippen LogP contribution in [0.2, 0.25) is 0 Å². The van der Waals surface area contributed by atoms with Crippen LogP contribution in [0.15, 0.2) is 4.42 Å². The van der Waals surface area contributed by atoms with Crippen LogP contribution >= 0.6 is 11.6 Å². The maximum atomic E-state index is 12.2. The number of nitrogens with zero attached hydrogens (tertiary/aromatic N) is 3. The Morgan fingerprint density at radius 2 is 2.06 bits per heavy atom. The summed E-state index contributed by atoms with van der Waals surface area (Å²) in [6.45, 7) is -1.93. The van der Waals surface area contributed by atoms with Gasteiger partial charge in [-0.25, -0.2) is 0 Å². The molecule has 0 saturated heterocycles. The second-order valence-electron chi connectivity index (χ2n) is 3.18. The molecule has 1 aromatic heterocycles. The Labute approximate surface area is 100 Å². The van der Waals surface area contributed by atoms with Crippen molar-refractivity contribution in [1.82, 2.24) is 10.2 Å². The number of aromatic nitrogens is 2. The zero-order chi connectivity index (χ0) is 12.9. The molecule has 0 unspecified atom stereocenters. The molecular formula is C8H11ClF3N3O2. The summed E-state index contributed by atoms with van der Waals surface area (Å²) >= 11 is 5.43. The normalized spacial score (nSPS) is 11.8. The molecule has 0 amide bonds. The first-order chi connectivity index (χ1) is 7.96. The number of aliphatic hydroxyl groups is 1. The summed E-state index contributed by atoms with van der Waals surface area (Å²) in [5, 5.41) is 15.7. The molecule has 9 heteroatoms. The summed E-state index contributed by atoms with van der Waals surface area (Å²) in [6.07, 6.45) is -4.12. The molecular weight excluding hydrogens is 263 g/mol. The molecule has 1 heterocycles. The Balaban J connectivity index is 2.74. The Hall–Kier alpha value is -1.02. The summed E-state index contributed by atoms with van der Waals surface area (Å²) in [5.74, 6) is 0.404. The number of halogens is 4. The van der Waals surface area contributed by atoms with Gasteiger partial charge in [0.1, 0.15) is 6.54 Å². The molecule has 0 aliphatic heterocycles. The molecule has 1 rings (SSSR count). The smallest absolute Gasteiger partial charge is 0.406 e. The monoisotopic (exact) mass is 273 g/mol. The third-order valence-electron chi connectivity index (χ3n) is 1.78. The van der Waals surface area contributed by atoms with Gasteiger partial charge in [-0.15, -0.1) is 16.7 Å². The van der Waals surface area contributed by atoms with Crippen molar-refractivity contribution in [2.45, 2.75) is 12.6 Å². The third-order valence-corrected chi connectivity index (χ3v) is 1.96. The van der Waals surface area contributed by atoms with Gasteiger partial charge in [-0.1, -0.05) is 5.10 Å². The molecule has 5 nitrogen and oxygen atoms in total. The molecule has 0 aromatic carbocycles. The quantitative estimate of drug-likeness (QED) is 0.790. The molecule has 98 valence electrons. The van der Waals surface area contributed by atoms with Gasteiger partial charge in [0.2, 0.25) is 5.89 Å². The Morgan fingerprint density at radius 3 is 2.59 bits per heavy atom. The Kier molecular flexibility index (Phi) is 5.01. The molecule has 17 heavy (non-hydrogen) atoms. The van der Waals surface area contributed by atoms with Crippen LogP contribution in [-0.2, 0) is 6.42 Å². The van der Waals surface area contributed by atoms with Crippen molar-refractivity contribution in [3.05, 3.63) is 5.89 Å². The number of aliphatic hydroxyl groups excluding tert-OH is 1. The highest BCUT2D eigenvalue weighted by Gasteiger charge is 2.32. The summed E-state index contributed by atoms with van der Waals surface area (Å²) in [7, 11) is 0. The maximum absolute atomic E-state index is 12.2. The first-order valence-electron chi connectivity index (χ1n) is 4.77. The molecule has 0 saturated carbocycles. The second-order valence-corrected chi connectivity index (χ2v) is 3.56. The highest BCUT2D eigenvalue weighted by Crippen LogP contribution is 2.21.